The van der Waals surface area contributed by atoms with Crippen molar-refractivity contribution in [1.82, 2.24) is 10.2 Å². The average Bonchev–Trinajstić information content (AvgIpc) is 2.99. The van der Waals surface area contributed by atoms with E-state index in [0.29, 0.717) is 22.8 Å². The van der Waals surface area contributed by atoms with E-state index in [-0.39, 0.29) is 0 Å². The molecule has 1 aliphatic heterocycles. The molecule has 1 saturated heterocycles. The summed E-state index contributed by atoms with van der Waals surface area (Å²) in [7, 11) is 2.07. The number of hydrogen-bond donors (Lipinski definition) is 1. The minimum Gasteiger partial charge on any atom is -0.342 e. The molecule has 3 saturated carbocycles. The Bertz CT molecular complexity index is 563. The highest BCUT2D eigenvalue weighted by atomic mass is 16.2. The number of nitrogens with one attached hydrogen (secondary N) is 1. The summed E-state index contributed by atoms with van der Waals surface area (Å²) in [5.41, 5.74) is 0.868. The van der Waals surface area contributed by atoms with E-state index in [0.717, 1.165) is 36.6 Å². The van der Waals surface area contributed by atoms with Gasteiger partial charge >= 0.3 is 0 Å². The van der Waals surface area contributed by atoms with Crippen LogP contribution >= 0.6 is 0 Å². The normalized spacial score (nSPS) is 46.7. The largest absolute Gasteiger partial charge is 0.342 e. The summed E-state index contributed by atoms with van der Waals surface area (Å²) in [6.07, 6.45) is 14.1. The molecule has 3 nitrogen and oxygen atoms in total. The number of amides is 1. The van der Waals surface area contributed by atoms with E-state index in [1.165, 1.54) is 64.3 Å². The molecule has 3 heteroatoms. The Morgan fingerprint density at radius 3 is 2.56 bits per heavy atom. The highest BCUT2D eigenvalue weighted by Crippen LogP contribution is 2.64. The molecular formula is C24H42N2O. The Hall–Kier alpha value is -0.570. The maximum atomic E-state index is 12.3. The fraction of sp³-hybridized carbons (Fsp3) is 0.958. The minimum atomic E-state index is 0.361. The fourth-order valence-electron chi connectivity index (χ4n) is 8.14. The summed E-state index contributed by atoms with van der Waals surface area (Å²) in [6.45, 7) is 8.65. The summed E-state index contributed by atoms with van der Waals surface area (Å²) >= 11 is 0. The lowest BCUT2D eigenvalue weighted by Crippen LogP contribution is -2.61. The molecule has 27 heavy (non-hydrogen) atoms. The Morgan fingerprint density at radius 2 is 1.78 bits per heavy atom. The molecule has 4 fully saturated rings. The van der Waals surface area contributed by atoms with E-state index >= 15 is 0 Å². The van der Waals surface area contributed by atoms with Crippen molar-refractivity contribution in [2.75, 3.05) is 13.6 Å². The molecule has 0 aromatic rings. The molecular weight excluding hydrogens is 332 g/mol. The van der Waals surface area contributed by atoms with E-state index in [9.17, 15) is 4.79 Å². The zero-order chi connectivity index (χ0) is 19.2. The molecule has 7 atom stereocenters. The van der Waals surface area contributed by atoms with Crippen molar-refractivity contribution < 1.29 is 4.79 Å². The Balaban J connectivity index is 1.48. The number of fused-ring (bicyclic) bond motifs is 5. The van der Waals surface area contributed by atoms with Crippen molar-refractivity contribution in [3.63, 3.8) is 0 Å². The van der Waals surface area contributed by atoms with Gasteiger partial charge in [-0.3, -0.25) is 4.79 Å². The van der Waals surface area contributed by atoms with Crippen molar-refractivity contribution in [1.29, 1.82) is 0 Å². The van der Waals surface area contributed by atoms with Gasteiger partial charge in [0.05, 0.1) is 0 Å². The molecule has 0 radical (unpaired) electrons. The van der Waals surface area contributed by atoms with E-state index in [1.54, 1.807) is 0 Å². The monoisotopic (exact) mass is 374 g/mol. The molecule has 2 unspecified atom stereocenters. The van der Waals surface area contributed by atoms with E-state index in [4.69, 9.17) is 0 Å². The van der Waals surface area contributed by atoms with Crippen LogP contribution in [0, 0.1) is 28.6 Å². The second-order valence-electron chi connectivity index (χ2n) is 10.8. The first kappa shape index (κ1) is 19.7. The second-order valence-corrected chi connectivity index (χ2v) is 10.8. The van der Waals surface area contributed by atoms with Gasteiger partial charge < -0.3 is 10.2 Å². The first-order valence-corrected chi connectivity index (χ1v) is 11.9. The SMILES string of the molecule is CCCCCNC1CC[C@H]2[C@@H]3CCC4N(C)C(=O)CC[C@]4(C)[C@@H]3CC[C@]12C. The van der Waals surface area contributed by atoms with Gasteiger partial charge in [0.1, 0.15) is 0 Å². The summed E-state index contributed by atoms with van der Waals surface area (Å²) < 4.78 is 0. The quantitative estimate of drug-likeness (QED) is 0.687. The number of piperidine rings is 1. The van der Waals surface area contributed by atoms with Crippen LogP contribution in [0.1, 0.15) is 91.4 Å². The lowest BCUT2D eigenvalue weighted by atomic mass is 9.47. The number of carbonyl (C=O) groups is 1. The summed E-state index contributed by atoms with van der Waals surface area (Å²) in [5.74, 6) is 3.02. The van der Waals surface area contributed by atoms with E-state index in [2.05, 4.69) is 38.0 Å². The highest BCUT2D eigenvalue weighted by Gasteiger charge is 2.60. The van der Waals surface area contributed by atoms with Crippen molar-refractivity contribution in [3.8, 4) is 0 Å². The van der Waals surface area contributed by atoms with Gasteiger partial charge in [0, 0.05) is 25.6 Å². The molecule has 4 aliphatic rings. The molecule has 0 aromatic carbocycles. The van der Waals surface area contributed by atoms with E-state index in [1.807, 2.05) is 0 Å². The predicted octanol–water partition coefficient (Wildman–Crippen LogP) is 5.00. The molecule has 1 amide bonds. The minimum absolute atomic E-state index is 0.361. The predicted molar refractivity (Wildman–Crippen MR) is 111 cm³/mol. The second kappa shape index (κ2) is 7.35. The van der Waals surface area contributed by atoms with Gasteiger partial charge in [0.2, 0.25) is 5.91 Å². The summed E-state index contributed by atoms with van der Waals surface area (Å²) in [5, 5.41) is 3.98. The van der Waals surface area contributed by atoms with Crippen LogP contribution in [-0.2, 0) is 4.79 Å². The van der Waals surface area contributed by atoms with Gasteiger partial charge in [0.25, 0.3) is 0 Å². The van der Waals surface area contributed by atoms with Crippen LogP contribution in [-0.4, -0.2) is 36.5 Å². The number of hydrogen-bond acceptors (Lipinski definition) is 2. The molecule has 0 bridgehead atoms. The van der Waals surface area contributed by atoms with Gasteiger partial charge in [-0.2, -0.15) is 0 Å². The Labute approximate surface area is 167 Å². The molecule has 154 valence electrons. The van der Waals surface area contributed by atoms with Crippen LogP contribution in [0.4, 0.5) is 0 Å². The summed E-state index contributed by atoms with van der Waals surface area (Å²) in [4.78, 5) is 14.4. The van der Waals surface area contributed by atoms with Crippen molar-refractivity contribution >= 4 is 5.91 Å². The molecule has 1 N–H and O–H groups in total. The fourth-order valence-corrected chi connectivity index (χ4v) is 8.14. The number of unbranched alkanes of at least 4 members (excludes halogenated alkanes) is 2. The van der Waals surface area contributed by atoms with Crippen LogP contribution in [0.2, 0.25) is 0 Å². The first-order chi connectivity index (χ1) is 12.9. The standard InChI is InChI=1S/C24H42N2O/c1-5-6-7-16-25-20-10-9-18-17-8-11-21-24(3,15-13-22(27)26(21)4)19(17)12-14-23(18,20)2/h17-21,25H,5-16H2,1-4H3/t17-,18-,19+,20?,21?,23-,24+/m0/s1. The molecule has 1 heterocycles. The smallest absolute Gasteiger partial charge is 0.222 e. The first-order valence-electron chi connectivity index (χ1n) is 11.9. The van der Waals surface area contributed by atoms with Crippen LogP contribution < -0.4 is 5.32 Å². The zero-order valence-electron chi connectivity index (χ0n) is 18.2. The van der Waals surface area contributed by atoms with Crippen LogP contribution in [0.5, 0.6) is 0 Å². The molecule has 0 spiro atoms. The van der Waals surface area contributed by atoms with Crippen LogP contribution in [0.25, 0.3) is 0 Å². The number of carbonyl (C=O) groups excluding carboxylic acids is 1. The number of rotatable bonds is 5. The van der Waals surface area contributed by atoms with Gasteiger partial charge in [-0.15, -0.1) is 0 Å². The van der Waals surface area contributed by atoms with Crippen molar-refractivity contribution in [2.24, 2.45) is 28.6 Å². The summed E-state index contributed by atoms with van der Waals surface area (Å²) in [6, 6.07) is 1.23. The van der Waals surface area contributed by atoms with Crippen LogP contribution in [0.15, 0.2) is 0 Å². The van der Waals surface area contributed by atoms with Gasteiger partial charge in [-0.25, -0.2) is 0 Å². The third kappa shape index (κ3) is 3.07. The Morgan fingerprint density at radius 1 is 1.00 bits per heavy atom. The Kier molecular flexibility index (Phi) is 5.37. The highest BCUT2D eigenvalue weighted by molar-refractivity contribution is 5.77. The molecule has 4 rings (SSSR count). The third-order valence-electron chi connectivity index (χ3n) is 9.73. The van der Waals surface area contributed by atoms with Crippen molar-refractivity contribution in [3.05, 3.63) is 0 Å². The van der Waals surface area contributed by atoms with Crippen molar-refractivity contribution in [2.45, 2.75) is 103 Å². The third-order valence-corrected chi connectivity index (χ3v) is 9.73. The van der Waals surface area contributed by atoms with Crippen LogP contribution in [0.3, 0.4) is 0 Å². The average molecular weight is 375 g/mol. The number of nitrogens with zero attached hydrogens (tertiary/aromatic N) is 1. The van der Waals surface area contributed by atoms with Gasteiger partial charge in [0.15, 0.2) is 0 Å². The zero-order valence-corrected chi connectivity index (χ0v) is 18.2. The number of likely N-dealkylation sites (tertiary alicyclic amines) is 1. The maximum absolute atomic E-state index is 12.3. The van der Waals surface area contributed by atoms with E-state index < -0.39 is 0 Å². The lowest BCUT2D eigenvalue weighted by molar-refractivity contribution is -0.157. The van der Waals surface area contributed by atoms with Gasteiger partial charge in [-0.1, -0.05) is 33.6 Å². The topological polar surface area (TPSA) is 32.3 Å². The maximum Gasteiger partial charge on any atom is 0.222 e. The molecule has 0 aromatic heterocycles. The van der Waals surface area contributed by atoms with Gasteiger partial charge in [-0.05, 0) is 86.5 Å². The lowest BCUT2D eigenvalue weighted by Gasteiger charge is -2.61. The molecule has 3 aliphatic carbocycles.